The molecule has 1 fully saturated rings. The zero-order valence-electron chi connectivity index (χ0n) is 10.6. The first-order chi connectivity index (χ1) is 7.97. The van der Waals surface area contributed by atoms with Crippen molar-refractivity contribution in [3.63, 3.8) is 0 Å². The molecule has 2 bridgehead atoms. The zero-order valence-corrected chi connectivity index (χ0v) is 10.6. The highest BCUT2D eigenvalue weighted by Crippen LogP contribution is 2.43. The predicted octanol–water partition coefficient (Wildman–Crippen LogP) is 3.42. The van der Waals surface area contributed by atoms with Gasteiger partial charge in [0.2, 0.25) is 0 Å². The third-order valence-corrected chi connectivity index (χ3v) is 3.59. The lowest BCUT2D eigenvalue weighted by Crippen LogP contribution is -2.19. The minimum absolute atomic E-state index is 0.0491. The molecule has 2 atom stereocenters. The molecule has 0 aliphatic carbocycles. The predicted molar refractivity (Wildman–Crippen MR) is 67.7 cm³/mol. The molecule has 2 nitrogen and oxygen atoms in total. The van der Waals surface area contributed by atoms with Gasteiger partial charge in [-0.25, -0.2) is 0 Å². The first kappa shape index (κ1) is 11.0. The van der Waals surface area contributed by atoms with Crippen molar-refractivity contribution >= 4 is 5.57 Å². The lowest BCUT2D eigenvalue weighted by Gasteiger charge is -2.27. The molecule has 3 rings (SSSR count). The SMILES string of the molecule is C=C1c2ccc(C(C)(C)C)cc2C2OCC1O2. The van der Waals surface area contributed by atoms with E-state index in [-0.39, 0.29) is 17.8 Å². The monoisotopic (exact) mass is 230 g/mol. The Morgan fingerprint density at radius 2 is 2.06 bits per heavy atom. The van der Waals surface area contributed by atoms with Crippen LogP contribution in [0.3, 0.4) is 0 Å². The maximum Gasteiger partial charge on any atom is 0.185 e. The molecular weight excluding hydrogens is 212 g/mol. The Hall–Kier alpha value is -1.12. The molecule has 2 unspecified atom stereocenters. The Morgan fingerprint density at radius 3 is 2.76 bits per heavy atom. The summed E-state index contributed by atoms with van der Waals surface area (Å²) in [6.45, 7) is 11.4. The summed E-state index contributed by atoms with van der Waals surface area (Å²) >= 11 is 0. The zero-order chi connectivity index (χ0) is 12.2. The maximum atomic E-state index is 5.78. The normalized spacial score (nSPS) is 27.1. The summed E-state index contributed by atoms with van der Waals surface area (Å²) in [5.41, 5.74) is 4.84. The Kier molecular flexibility index (Phi) is 2.22. The molecule has 1 aromatic rings. The van der Waals surface area contributed by atoms with E-state index in [0.717, 1.165) is 11.1 Å². The summed E-state index contributed by atoms with van der Waals surface area (Å²) in [7, 11) is 0. The number of ether oxygens (including phenoxy) is 2. The summed E-state index contributed by atoms with van der Waals surface area (Å²) in [6.07, 6.45) is -0.143. The van der Waals surface area contributed by atoms with E-state index in [0.29, 0.717) is 6.61 Å². The van der Waals surface area contributed by atoms with E-state index >= 15 is 0 Å². The molecular formula is C15H18O2. The van der Waals surface area contributed by atoms with Crippen molar-refractivity contribution in [2.45, 2.75) is 38.6 Å². The van der Waals surface area contributed by atoms with Crippen LogP contribution in [-0.4, -0.2) is 12.7 Å². The van der Waals surface area contributed by atoms with Crippen LogP contribution in [0, 0.1) is 0 Å². The molecule has 0 aromatic heterocycles. The van der Waals surface area contributed by atoms with Crippen LogP contribution in [-0.2, 0) is 14.9 Å². The summed E-state index contributed by atoms with van der Waals surface area (Å²) in [6, 6.07) is 6.55. The van der Waals surface area contributed by atoms with Gasteiger partial charge in [0.1, 0.15) is 6.10 Å². The Labute approximate surface area is 102 Å². The van der Waals surface area contributed by atoms with Gasteiger partial charge in [-0.2, -0.15) is 0 Å². The molecule has 2 heteroatoms. The van der Waals surface area contributed by atoms with Crippen molar-refractivity contribution in [1.82, 2.24) is 0 Å². The van der Waals surface area contributed by atoms with E-state index in [1.54, 1.807) is 0 Å². The fourth-order valence-electron chi connectivity index (χ4n) is 2.44. The van der Waals surface area contributed by atoms with Crippen LogP contribution in [0.5, 0.6) is 0 Å². The molecule has 2 heterocycles. The van der Waals surface area contributed by atoms with E-state index in [1.165, 1.54) is 11.1 Å². The largest absolute Gasteiger partial charge is 0.345 e. The molecule has 2 aliphatic rings. The highest BCUT2D eigenvalue weighted by atomic mass is 16.7. The fraction of sp³-hybridized carbons (Fsp3) is 0.467. The van der Waals surface area contributed by atoms with Crippen LogP contribution in [0.15, 0.2) is 24.8 Å². The van der Waals surface area contributed by atoms with Gasteiger partial charge in [0, 0.05) is 5.56 Å². The van der Waals surface area contributed by atoms with Crippen LogP contribution < -0.4 is 0 Å². The van der Waals surface area contributed by atoms with E-state index < -0.39 is 0 Å². The number of benzene rings is 1. The van der Waals surface area contributed by atoms with Crippen molar-refractivity contribution in [2.75, 3.05) is 6.61 Å². The lowest BCUT2D eigenvalue weighted by atomic mass is 9.83. The highest BCUT2D eigenvalue weighted by Gasteiger charge is 2.37. The number of rotatable bonds is 0. The second-order valence-corrected chi connectivity index (χ2v) is 5.87. The van der Waals surface area contributed by atoms with Gasteiger partial charge >= 0.3 is 0 Å². The standard InChI is InChI=1S/C15H18O2/c1-9-11-6-5-10(15(2,3)4)7-12(11)14-16-8-13(9)17-14/h5-7,13-14H,1,8H2,2-4H3. The second-order valence-electron chi connectivity index (χ2n) is 5.87. The van der Waals surface area contributed by atoms with Gasteiger partial charge in [-0.15, -0.1) is 0 Å². The molecule has 1 saturated heterocycles. The smallest absolute Gasteiger partial charge is 0.185 e. The Balaban J connectivity index is 2.12. The summed E-state index contributed by atoms with van der Waals surface area (Å²) in [5.74, 6) is 0. The van der Waals surface area contributed by atoms with E-state index in [2.05, 4.69) is 45.5 Å². The number of hydrogen-bond acceptors (Lipinski definition) is 2. The van der Waals surface area contributed by atoms with Crippen LogP contribution in [0.4, 0.5) is 0 Å². The average Bonchev–Trinajstić information content (AvgIpc) is 2.70. The van der Waals surface area contributed by atoms with Gasteiger partial charge in [0.25, 0.3) is 0 Å². The Morgan fingerprint density at radius 1 is 1.29 bits per heavy atom. The van der Waals surface area contributed by atoms with Crippen molar-refractivity contribution in [3.05, 3.63) is 41.5 Å². The van der Waals surface area contributed by atoms with Crippen LogP contribution in [0.25, 0.3) is 5.57 Å². The second kappa shape index (κ2) is 3.44. The number of fused-ring (bicyclic) bond motifs is 4. The molecule has 17 heavy (non-hydrogen) atoms. The van der Waals surface area contributed by atoms with Gasteiger partial charge in [-0.05, 0) is 28.2 Å². The highest BCUT2D eigenvalue weighted by molar-refractivity contribution is 5.72. The molecule has 0 radical (unpaired) electrons. The molecule has 0 spiro atoms. The van der Waals surface area contributed by atoms with Gasteiger partial charge in [0.05, 0.1) is 6.61 Å². The first-order valence-corrected chi connectivity index (χ1v) is 6.07. The quantitative estimate of drug-likeness (QED) is 0.680. The van der Waals surface area contributed by atoms with Gasteiger partial charge in [-0.1, -0.05) is 39.5 Å². The molecule has 0 saturated carbocycles. The Bertz CT molecular complexity index is 482. The van der Waals surface area contributed by atoms with E-state index in [9.17, 15) is 0 Å². The van der Waals surface area contributed by atoms with Crippen molar-refractivity contribution in [3.8, 4) is 0 Å². The van der Waals surface area contributed by atoms with Crippen molar-refractivity contribution < 1.29 is 9.47 Å². The third kappa shape index (κ3) is 1.63. The maximum absolute atomic E-state index is 5.78. The van der Waals surface area contributed by atoms with Gasteiger partial charge < -0.3 is 9.47 Å². The summed E-state index contributed by atoms with van der Waals surface area (Å²) in [4.78, 5) is 0. The van der Waals surface area contributed by atoms with Gasteiger partial charge in [0.15, 0.2) is 6.29 Å². The minimum Gasteiger partial charge on any atom is -0.345 e. The fourth-order valence-corrected chi connectivity index (χ4v) is 2.44. The molecule has 0 N–H and O–H groups in total. The van der Waals surface area contributed by atoms with Gasteiger partial charge in [-0.3, -0.25) is 0 Å². The van der Waals surface area contributed by atoms with Crippen LogP contribution >= 0.6 is 0 Å². The first-order valence-electron chi connectivity index (χ1n) is 6.07. The lowest BCUT2D eigenvalue weighted by molar-refractivity contribution is -0.0559. The van der Waals surface area contributed by atoms with Crippen molar-refractivity contribution in [1.29, 1.82) is 0 Å². The van der Waals surface area contributed by atoms with E-state index in [1.807, 2.05) is 0 Å². The molecule has 0 amide bonds. The third-order valence-electron chi connectivity index (χ3n) is 3.59. The topological polar surface area (TPSA) is 18.5 Å². The summed E-state index contributed by atoms with van der Waals surface area (Å²) in [5, 5.41) is 0. The summed E-state index contributed by atoms with van der Waals surface area (Å²) < 4.78 is 11.4. The molecule has 1 aromatic carbocycles. The number of hydrogen-bond donors (Lipinski definition) is 0. The average molecular weight is 230 g/mol. The van der Waals surface area contributed by atoms with E-state index in [4.69, 9.17) is 9.47 Å². The van der Waals surface area contributed by atoms with Crippen molar-refractivity contribution in [2.24, 2.45) is 0 Å². The molecule has 2 aliphatic heterocycles. The van der Waals surface area contributed by atoms with Crippen LogP contribution in [0.2, 0.25) is 0 Å². The minimum atomic E-state index is -0.192. The molecule has 90 valence electrons. The van der Waals surface area contributed by atoms with Crippen LogP contribution in [0.1, 0.15) is 43.8 Å².